The van der Waals surface area contributed by atoms with Crippen LogP contribution in [0.4, 0.5) is 10.1 Å². The number of hydrogen-bond donors (Lipinski definition) is 1. The van der Waals surface area contributed by atoms with Gasteiger partial charge in [-0.25, -0.2) is 4.39 Å². The highest BCUT2D eigenvalue weighted by Gasteiger charge is 2.34. The molecule has 1 aliphatic rings. The van der Waals surface area contributed by atoms with Gasteiger partial charge in [0.2, 0.25) is 0 Å². The smallest absolute Gasteiger partial charge is 0.273 e. The Morgan fingerprint density at radius 1 is 1.27 bits per heavy atom. The van der Waals surface area contributed by atoms with Crippen molar-refractivity contribution in [2.45, 2.75) is 37.6 Å². The van der Waals surface area contributed by atoms with Crippen LogP contribution in [0.15, 0.2) is 22.7 Å². The molecule has 1 aromatic carbocycles. The molecule has 1 aromatic heterocycles. The molecule has 0 amide bonds. The quantitative estimate of drug-likeness (QED) is 0.690. The summed E-state index contributed by atoms with van der Waals surface area (Å²) < 4.78 is 18.6. The summed E-state index contributed by atoms with van der Waals surface area (Å²) in [6, 6.07) is 3.16. The van der Waals surface area contributed by atoms with Crippen LogP contribution in [0.1, 0.15) is 37.9 Å². The number of nitro groups is 1. The van der Waals surface area contributed by atoms with E-state index in [1.807, 2.05) is 0 Å². The molecule has 116 valence electrons. The van der Waals surface area contributed by atoms with Crippen molar-refractivity contribution in [3.05, 3.63) is 40.0 Å². The lowest BCUT2D eigenvalue weighted by molar-refractivity contribution is -0.385. The molecule has 2 N–H and O–H groups in total. The normalized spacial score (nSPS) is 17.4. The summed E-state index contributed by atoms with van der Waals surface area (Å²) in [4.78, 5) is 14.3. The molecule has 0 radical (unpaired) electrons. The topological polar surface area (TPSA) is 108 Å². The largest absolute Gasteiger partial charge is 0.334 e. The molecule has 0 spiro atoms. The van der Waals surface area contributed by atoms with Gasteiger partial charge < -0.3 is 10.3 Å². The van der Waals surface area contributed by atoms with Crippen LogP contribution in [-0.4, -0.2) is 15.1 Å². The van der Waals surface area contributed by atoms with Crippen LogP contribution in [0.3, 0.4) is 0 Å². The molecule has 3 rings (SSSR count). The predicted molar refractivity (Wildman–Crippen MR) is 75.3 cm³/mol. The molecular formula is C14H15FN4O3. The Morgan fingerprint density at radius 3 is 2.68 bits per heavy atom. The van der Waals surface area contributed by atoms with E-state index in [0.29, 0.717) is 5.82 Å². The molecule has 0 bridgehead atoms. The van der Waals surface area contributed by atoms with Crippen LogP contribution in [0, 0.1) is 15.9 Å². The number of nitrogens with zero attached hydrogens (tertiary/aromatic N) is 3. The number of benzene rings is 1. The van der Waals surface area contributed by atoms with Crippen LogP contribution in [0.5, 0.6) is 0 Å². The lowest BCUT2D eigenvalue weighted by Gasteiger charge is -2.29. The van der Waals surface area contributed by atoms with E-state index in [9.17, 15) is 14.5 Å². The molecule has 8 heteroatoms. The fourth-order valence-corrected chi connectivity index (χ4v) is 2.75. The maximum atomic E-state index is 13.5. The molecule has 2 aromatic rings. The fourth-order valence-electron chi connectivity index (χ4n) is 2.75. The van der Waals surface area contributed by atoms with Gasteiger partial charge in [-0.15, -0.1) is 0 Å². The average molecular weight is 306 g/mol. The summed E-state index contributed by atoms with van der Waals surface area (Å²) in [5.74, 6) is -0.328. The zero-order valence-corrected chi connectivity index (χ0v) is 11.8. The average Bonchev–Trinajstić information content (AvgIpc) is 2.98. The number of non-ortho nitro benzene ring substituents is 1. The van der Waals surface area contributed by atoms with Gasteiger partial charge in [0.25, 0.3) is 11.6 Å². The monoisotopic (exact) mass is 306 g/mol. The number of aromatic nitrogens is 2. The molecule has 22 heavy (non-hydrogen) atoms. The lowest BCUT2D eigenvalue weighted by atomic mass is 9.82. The van der Waals surface area contributed by atoms with E-state index >= 15 is 0 Å². The third-order valence-corrected chi connectivity index (χ3v) is 3.96. The van der Waals surface area contributed by atoms with Gasteiger partial charge in [0, 0.05) is 11.6 Å². The Hall–Kier alpha value is -2.35. The Labute approximate surface area is 125 Å². The highest BCUT2D eigenvalue weighted by atomic mass is 19.1. The number of nitrogens with two attached hydrogens (primary N) is 1. The van der Waals surface area contributed by atoms with Crippen molar-refractivity contribution < 1.29 is 13.8 Å². The fraction of sp³-hybridized carbons (Fsp3) is 0.429. The molecule has 0 atom stereocenters. The molecule has 1 heterocycles. The van der Waals surface area contributed by atoms with Crippen molar-refractivity contribution in [2.24, 2.45) is 5.73 Å². The molecule has 1 saturated carbocycles. The van der Waals surface area contributed by atoms with Crippen LogP contribution in [-0.2, 0) is 5.54 Å². The maximum absolute atomic E-state index is 13.5. The summed E-state index contributed by atoms with van der Waals surface area (Å²) in [7, 11) is 0. The minimum atomic E-state index is -0.732. The molecule has 7 nitrogen and oxygen atoms in total. The minimum absolute atomic E-state index is 0.0352. The SMILES string of the molecule is NC1(c2noc(-c3cc(F)cc([N+](=O)[O-])c3)n2)CCCCC1. The van der Waals surface area contributed by atoms with Crippen LogP contribution in [0.2, 0.25) is 0 Å². The van der Waals surface area contributed by atoms with Gasteiger partial charge >= 0.3 is 0 Å². The van der Waals surface area contributed by atoms with E-state index in [1.165, 1.54) is 6.07 Å². The van der Waals surface area contributed by atoms with E-state index in [4.69, 9.17) is 10.3 Å². The molecule has 0 aliphatic heterocycles. The Kier molecular flexibility index (Phi) is 3.61. The standard InChI is InChI=1S/C14H15FN4O3/c15-10-6-9(7-11(8-10)19(20)21)12-17-13(18-22-12)14(16)4-2-1-3-5-14/h6-8H,1-5,16H2. The van der Waals surface area contributed by atoms with Gasteiger partial charge in [-0.2, -0.15) is 4.98 Å². The lowest BCUT2D eigenvalue weighted by Crippen LogP contribution is -2.39. The second-order valence-corrected chi connectivity index (χ2v) is 5.60. The van der Waals surface area contributed by atoms with Crippen molar-refractivity contribution in [1.29, 1.82) is 0 Å². The van der Waals surface area contributed by atoms with Crippen molar-refractivity contribution in [2.75, 3.05) is 0 Å². The highest BCUT2D eigenvalue weighted by molar-refractivity contribution is 5.57. The summed E-state index contributed by atoms with van der Waals surface area (Å²) in [5, 5.41) is 14.7. The summed E-state index contributed by atoms with van der Waals surface area (Å²) >= 11 is 0. The van der Waals surface area contributed by atoms with Crippen molar-refractivity contribution in [3.8, 4) is 11.5 Å². The first-order valence-electron chi connectivity index (χ1n) is 7.06. The maximum Gasteiger partial charge on any atom is 0.273 e. The van der Waals surface area contributed by atoms with E-state index in [-0.39, 0.29) is 17.1 Å². The van der Waals surface area contributed by atoms with E-state index < -0.39 is 16.3 Å². The molecule has 1 aliphatic carbocycles. The highest BCUT2D eigenvalue weighted by Crippen LogP contribution is 2.34. The number of halogens is 1. The van der Waals surface area contributed by atoms with E-state index in [2.05, 4.69) is 10.1 Å². The molecule has 0 unspecified atom stereocenters. The van der Waals surface area contributed by atoms with Crippen molar-refractivity contribution >= 4 is 5.69 Å². The van der Waals surface area contributed by atoms with Crippen LogP contribution < -0.4 is 5.73 Å². The Morgan fingerprint density at radius 2 is 2.00 bits per heavy atom. The van der Waals surface area contributed by atoms with Gasteiger partial charge in [0.15, 0.2) is 5.82 Å². The molecule has 0 saturated heterocycles. The molecular weight excluding hydrogens is 291 g/mol. The van der Waals surface area contributed by atoms with Gasteiger partial charge in [-0.3, -0.25) is 10.1 Å². The van der Waals surface area contributed by atoms with Gasteiger partial charge in [0.05, 0.1) is 16.5 Å². The number of rotatable bonds is 3. The Balaban J connectivity index is 1.95. The summed E-state index contributed by atoms with van der Waals surface area (Å²) in [6.07, 6.45) is 4.63. The first-order valence-corrected chi connectivity index (χ1v) is 7.06. The van der Waals surface area contributed by atoms with Gasteiger partial charge in [0.1, 0.15) is 5.82 Å². The number of hydrogen-bond acceptors (Lipinski definition) is 6. The van der Waals surface area contributed by atoms with Crippen LogP contribution in [0.25, 0.3) is 11.5 Å². The first-order chi connectivity index (χ1) is 10.5. The van der Waals surface area contributed by atoms with E-state index in [1.54, 1.807) is 0 Å². The third kappa shape index (κ3) is 2.69. The summed E-state index contributed by atoms with van der Waals surface area (Å²) in [5.41, 5.74) is 5.48. The van der Waals surface area contributed by atoms with Gasteiger partial charge in [-0.1, -0.05) is 24.4 Å². The zero-order valence-electron chi connectivity index (χ0n) is 11.8. The second kappa shape index (κ2) is 5.45. The summed E-state index contributed by atoms with van der Waals surface area (Å²) in [6.45, 7) is 0. The first kappa shape index (κ1) is 14.6. The predicted octanol–water partition coefficient (Wildman–Crippen LogP) is 2.90. The third-order valence-electron chi connectivity index (χ3n) is 3.96. The second-order valence-electron chi connectivity index (χ2n) is 5.60. The van der Waals surface area contributed by atoms with Crippen LogP contribution >= 0.6 is 0 Å². The van der Waals surface area contributed by atoms with Crippen molar-refractivity contribution in [1.82, 2.24) is 10.1 Å². The van der Waals surface area contributed by atoms with Crippen molar-refractivity contribution in [3.63, 3.8) is 0 Å². The van der Waals surface area contributed by atoms with Gasteiger partial charge in [-0.05, 0) is 18.9 Å². The number of nitro benzene ring substituents is 1. The minimum Gasteiger partial charge on any atom is -0.334 e. The Bertz CT molecular complexity index is 710. The zero-order chi connectivity index (χ0) is 15.7. The van der Waals surface area contributed by atoms with E-state index in [0.717, 1.165) is 44.2 Å². The molecule has 1 fully saturated rings.